The smallest absolute Gasteiger partial charge is 0.416 e. The van der Waals surface area contributed by atoms with Crippen molar-refractivity contribution in [1.29, 1.82) is 0 Å². The Morgan fingerprint density at radius 1 is 1.00 bits per heavy atom. The number of aliphatic hydroxyl groups is 1. The van der Waals surface area contributed by atoms with E-state index in [-0.39, 0.29) is 28.9 Å². The van der Waals surface area contributed by atoms with E-state index in [0.717, 1.165) is 12.1 Å². The molecule has 3 amide bonds. The molecule has 1 heterocycles. The summed E-state index contributed by atoms with van der Waals surface area (Å²) in [5, 5.41) is 25.9. The Hall–Kier alpha value is -4.52. The maximum atomic E-state index is 14.6. The third-order valence-electron chi connectivity index (χ3n) is 7.43. The summed E-state index contributed by atoms with van der Waals surface area (Å²) < 4.78 is 69.3. The second-order valence-corrected chi connectivity index (χ2v) is 10.6. The number of likely N-dealkylation sites (tertiary alicyclic amines) is 1. The van der Waals surface area contributed by atoms with Crippen LogP contribution in [0, 0.1) is 6.92 Å². The Kier molecular flexibility index (Phi) is 9.57. The normalized spacial score (nSPS) is 17.5. The zero-order chi connectivity index (χ0) is 32.2. The van der Waals surface area contributed by atoms with Gasteiger partial charge in [0.25, 0.3) is 17.7 Å². The molecule has 13 heteroatoms. The second-order valence-electron chi connectivity index (χ2n) is 10.6. The van der Waals surface area contributed by atoms with Gasteiger partial charge in [-0.15, -0.1) is 0 Å². The van der Waals surface area contributed by atoms with Crippen LogP contribution >= 0.6 is 0 Å². The van der Waals surface area contributed by atoms with Gasteiger partial charge >= 0.3 is 6.18 Å². The van der Waals surface area contributed by atoms with E-state index in [1.807, 2.05) is 0 Å². The number of aromatic hydroxyl groups is 1. The molecule has 1 aliphatic heterocycles. The van der Waals surface area contributed by atoms with Crippen molar-refractivity contribution < 1.29 is 46.5 Å². The average molecular weight is 620 g/mol. The fourth-order valence-corrected chi connectivity index (χ4v) is 5.10. The highest BCUT2D eigenvalue weighted by Gasteiger charge is 2.51. The van der Waals surface area contributed by atoms with E-state index < -0.39 is 73.1 Å². The Bertz CT molecular complexity index is 1520. The number of phenolic OH excluding ortho intramolecular Hbond substituents is 1. The lowest BCUT2D eigenvalue weighted by Crippen LogP contribution is -2.56. The van der Waals surface area contributed by atoms with E-state index in [1.54, 1.807) is 30.3 Å². The number of benzene rings is 3. The van der Waals surface area contributed by atoms with Crippen molar-refractivity contribution in [3.8, 4) is 5.75 Å². The summed E-state index contributed by atoms with van der Waals surface area (Å²) in [6, 6.07) is 13.9. The Labute approximate surface area is 249 Å². The van der Waals surface area contributed by atoms with E-state index in [0.29, 0.717) is 10.5 Å². The number of phenols is 1. The first kappa shape index (κ1) is 32.4. The SMILES string of the molecule is Cc1c(O)cccc1C(=O)N[C@@H](Cc1ccccc1)[C@H](O)C(=O)N1CC(F)(F)C[C@H]1C(=O)NCc1ccccc1C(F)(F)F. The Balaban J connectivity index is 1.56. The molecule has 0 unspecified atom stereocenters. The van der Waals surface area contributed by atoms with Crippen molar-refractivity contribution in [2.24, 2.45) is 0 Å². The van der Waals surface area contributed by atoms with Crippen molar-refractivity contribution in [2.75, 3.05) is 6.54 Å². The summed E-state index contributed by atoms with van der Waals surface area (Å²) in [7, 11) is 0. The molecule has 3 aromatic rings. The fourth-order valence-electron chi connectivity index (χ4n) is 5.10. The molecule has 1 aliphatic rings. The molecule has 8 nitrogen and oxygen atoms in total. The number of halogens is 5. The first-order valence-corrected chi connectivity index (χ1v) is 13.6. The molecule has 1 fully saturated rings. The third kappa shape index (κ3) is 7.51. The number of aliphatic hydroxyl groups excluding tert-OH is 1. The van der Waals surface area contributed by atoms with E-state index in [4.69, 9.17) is 0 Å². The Morgan fingerprint density at radius 2 is 1.66 bits per heavy atom. The van der Waals surface area contributed by atoms with Gasteiger partial charge in [-0.25, -0.2) is 8.78 Å². The van der Waals surface area contributed by atoms with Crippen LogP contribution in [-0.4, -0.2) is 63.5 Å². The first-order chi connectivity index (χ1) is 20.7. The third-order valence-corrected chi connectivity index (χ3v) is 7.43. The minimum Gasteiger partial charge on any atom is -0.508 e. The molecular formula is C31H30F5N3O5. The molecule has 0 saturated carbocycles. The summed E-state index contributed by atoms with van der Waals surface area (Å²) >= 11 is 0. The van der Waals surface area contributed by atoms with Gasteiger partial charge in [0.2, 0.25) is 5.91 Å². The van der Waals surface area contributed by atoms with Gasteiger partial charge in [-0.1, -0.05) is 54.6 Å². The van der Waals surface area contributed by atoms with Gasteiger partial charge in [0.15, 0.2) is 6.10 Å². The van der Waals surface area contributed by atoms with Crippen LogP contribution in [0.15, 0.2) is 72.8 Å². The lowest BCUT2D eigenvalue weighted by molar-refractivity contribution is -0.147. The number of alkyl halides is 5. The maximum Gasteiger partial charge on any atom is 0.416 e. The van der Waals surface area contributed by atoms with Gasteiger partial charge < -0.3 is 25.7 Å². The highest BCUT2D eigenvalue weighted by molar-refractivity contribution is 5.97. The average Bonchev–Trinajstić information content (AvgIpc) is 3.31. The van der Waals surface area contributed by atoms with Crippen LogP contribution in [0.4, 0.5) is 22.0 Å². The van der Waals surface area contributed by atoms with Crippen molar-refractivity contribution in [3.63, 3.8) is 0 Å². The van der Waals surface area contributed by atoms with Crippen LogP contribution in [0.3, 0.4) is 0 Å². The van der Waals surface area contributed by atoms with E-state index in [2.05, 4.69) is 10.6 Å². The number of nitrogens with zero attached hydrogens (tertiary/aromatic N) is 1. The number of amides is 3. The van der Waals surface area contributed by atoms with E-state index >= 15 is 0 Å². The number of rotatable bonds is 9. The molecule has 3 aromatic carbocycles. The van der Waals surface area contributed by atoms with Crippen molar-refractivity contribution in [2.45, 2.75) is 56.6 Å². The van der Waals surface area contributed by atoms with Gasteiger partial charge in [-0.3, -0.25) is 14.4 Å². The van der Waals surface area contributed by atoms with Gasteiger partial charge in [0.1, 0.15) is 11.8 Å². The van der Waals surface area contributed by atoms with Crippen LogP contribution in [0.1, 0.15) is 39.0 Å². The summed E-state index contributed by atoms with van der Waals surface area (Å²) in [4.78, 5) is 40.1. The molecule has 1 saturated heterocycles. The topological polar surface area (TPSA) is 119 Å². The van der Waals surface area contributed by atoms with E-state index in [9.17, 15) is 46.5 Å². The van der Waals surface area contributed by atoms with Crippen LogP contribution in [0.25, 0.3) is 0 Å². The molecule has 4 rings (SSSR count). The fraction of sp³-hybridized carbons (Fsp3) is 0.323. The zero-order valence-electron chi connectivity index (χ0n) is 23.4. The summed E-state index contributed by atoms with van der Waals surface area (Å²) in [5.74, 6) is -6.85. The zero-order valence-corrected chi connectivity index (χ0v) is 23.4. The lowest BCUT2D eigenvalue weighted by atomic mass is 9.98. The highest BCUT2D eigenvalue weighted by atomic mass is 19.4. The molecule has 0 radical (unpaired) electrons. The second kappa shape index (κ2) is 13.0. The molecule has 3 atom stereocenters. The molecule has 0 aromatic heterocycles. The molecule has 0 aliphatic carbocycles. The minimum atomic E-state index is -4.72. The highest BCUT2D eigenvalue weighted by Crippen LogP contribution is 2.34. The van der Waals surface area contributed by atoms with Gasteiger partial charge in [0, 0.05) is 24.1 Å². The van der Waals surface area contributed by atoms with Gasteiger partial charge in [0.05, 0.1) is 18.2 Å². The monoisotopic (exact) mass is 619 g/mol. The van der Waals surface area contributed by atoms with Crippen LogP contribution < -0.4 is 10.6 Å². The van der Waals surface area contributed by atoms with Gasteiger partial charge in [-0.2, -0.15) is 13.2 Å². The summed E-state index contributed by atoms with van der Waals surface area (Å²) in [6.45, 7) is -0.379. The number of carbonyl (C=O) groups excluding carboxylic acids is 3. The predicted octanol–water partition coefficient (Wildman–Crippen LogP) is 3.97. The molecule has 44 heavy (non-hydrogen) atoms. The van der Waals surface area contributed by atoms with Crippen molar-refractivity contribution in [1.82, 2.24) is 15.5 Å². The van der Waals surface area contributed by atoms with Crippen molar-refractivity contribution in [3.05, 3.63) is 101 Å². The summed E-state index contributed by atoms with van der Waals surface area (Å²) in [6.07, 6.45) is -8.03. The first-order valence-electron chi connectivity index (χ1n) is 13.6. The molecule has 234 valence electrons. The van der Waals surface area contributed by atoms with Crippen LogP contribution in [-0.2, 0) is 28.7 Å². The number of carbonyl (C=O) groups is 3. The predicted molar refractivity (Wildman–Crippen MR) is 149 cm³/mol. The number of hydrogen-bond donors (Lipinski definition) is 4. The molecule has 0 bridgehead atoms. The van der Waals surface area contributed by atoms with Crippen LogP contribution in [0.2, 0.25) is 0 Å². The van der Waals surface area contributed by atoms with E-state index in [1.165, 1.54) is 37.3 Å². The number of nitrogens with one attached hydrogen (secondary N) is 2. The number of hydrogen-bond acceptors (Lipinski definition) is 5. The maximum absolute atomic E-state index is 14.6. The molecule has 0 spiro atoms. The largest absolute Gasteiger partial charge is 0.508 e. The van der Waals surface area contributed by atoms with Gasteiger partial charge in [-0.05, 0) is 42.7 Å². The quantitative estimate of drug-likeness (QED) is 0.271. The molecule has 4 N–H and O–H groups in total. The Morgan fingerprint density at radius 3 is 2.34 bits per heavy atom. The lowest BCUT2D eigenvalue weighted by Gasteiger charge is -2.30. The minimum absolute atomic E-state index is 0.0480. The standard InChI is InChI=1S/C31H30F5N3O5/c1-18-21(11-7-13-25(18)40)27(42)38-23(14-19-8-3-2-4-9-19)26(41)29(44)39-17-30(32,33)15-24(39)28(43)37-16-20-10-5-6-12-22(20)31(34,35)36/h2-13,23-24,26,40-41H,14-17H2,1H3,(H,37,43)(H,38,42)/t23-,24-,26-/m0/s1. The summed E-state index contributed by atoms with van der Waals surface area (Å²) in [5.41, 5.74) is -0.452. The molecular weight excluding hydrogens is 589 g/mol. The van der Waals surface area contributed by atoms with Crippen LogP contribution in [0.5, 0.6) is 5.75 Å². The van der Waals surface area contributed by atoms with Crippen molar-refractivity contribution >= 4 is 17.7 Å².